The summed E-state index contributed by atoms with van der Waals surface area (Å²) in [6.07, 6.45) is 0.321. The Hall–Kier alpha value is -1.55. The van der Waals surface area contributed by atoms with Crippen LogP contribution in [0, 0.1) is 13.8 Å². The normalized spacial score (nSPS) is 11.3. The summed E-state index contributed by atoms with van der Waals surface area (Å²) in [7, 11) is 1.67. The Morgan fingerprint density at radius 2 is 1.84 bits per heavy atom. The molecule has 1 aromatic carbocycles. The van der Waals surface area contributed by atoms with E-state index in [4.69, 9.17) is 10.5 Å². The van der Waals surface area contributed by atoms with Crippen LogP contribution in [-0.2, 0) is 11.3 Å². The van der Waals surface area contributed by atoms with E-state index in [1.165, 1.54) is 0 Å². The molecular weight excluding hydrogens is 240 g/mol. The van der Waals surface area contributed by atoms with E-state index in [1.54, 1.807) is 7.11 Å². The molecule has 19 heavy (non-hydrogen) atoms. The van der Waals surface area contributed by atoms with Gasteiger partial charge in [0.1, 0.15) is 5.75 Å². The van der Waals surface area contributed by atoms with Crippen molar-refractivity contribution in [3.05, 3.63) is 28.8 Å². The van der Waals surface area contributed by atoms with Gasteiger partial charge in [-0.2, -0.15) is 0 Å². The van der Waals surface area contributed by atoms with Gasteiger partial charge in [0.05, 0.1) is 7.11 Å². The fraction of sp³-hybridized carbons (Fsp3) is 0.533. The maximum Gasteiger partial charge on any atom is 0.222 e. The molecule has 0 heterocycles. The molecule has 1 rings (SSSR count). The molecule has 0 spiro atoms. The molecule has 0 unspecified atom stereocenters. The van der Waals surface area contributed by atoms with Crippen LogP contribution in [0.3, 0.4) is 0 Å². The lowest BCUT2D eigenvalue weighted by atomic mass is 10.0. The van der Waals surface area contributed by atoms with Crippen LogP contribution in [0.5, 0.6) is 5.75 Å². The zero-order valence-electron chi connectivity index (χ0n) is 12.5. The lowest BCUT2D eigenvalue weighted by Gasteiger charge is -2.18. The van der Waals surface area contributed by atoms with Crippen LogP contribution in [-0.4, -0.2) is 18.6 Å². The minimum Gasteiger partial charge on any atom is -0.496 e. The van der Waals surface area contributed by atoms with E-state index < -0.39 is 5.54 Å². The van der Waals surface area contributed by atoms with Crippen LogP contribution in [0.25, 0.3) is 0 Å². The summed E-state index contributed by atoms with van der Waals surface area (Å²) in [5.41, 5.74) is 8.56. The number of rotatable bonds is 5. The summed E-state index contributed by atoms with van der Waals surface area (Å²) in [6.45, 7) is 8.20. The number of nitrogens with one attached hydrogen (secondary N) is 1. The Morgan fingerprint density at radius 3 is 2.26 bits per heavy atom. The highest BCUT2D eigenvalue weighted by Gasteiger charge is 2.16. The third-order valence-corrected chi connectivity index (χ3v) is 2.83. The Morgan fingerprint density at radius 1 is 1.32 bits per heavy atom. The van der Waals surface area contributed by atoms with E-state index in [9.17, 15) is 4.79 Å². The van der Waals surface area contributed by atoms with E-state index >= 15 is 0 Å². The molecule has 1 amide bonds. The van der Waals surface area contributed by atoms with Crippen molar-refractivity contribution < 1.29 is 9.53 Å². The average Bonchev–Trinajstić information content (AvgIpc) is 2.23. The zero-order chi connectivity index (χ0) is 14.6. The second-order valence-corrected chi connectivity index (χ2v) is 5.70. The first kappa shape index (κ1) is 15.5. The van der Waals surface area contributed by atoms with Gasteiger partial charge in [-0.05, 0) is 44.4 Å². The van der Waals surface area contributed by atoms with Gasteiger partial charge in [-0.15, -0.1) is 0 Å². The molecule has 0 aliphatic carbocycles. The van der Waals surface area contributed by atoms with Crippen molar-refractivity contribution in [2.24, 2.45) is 5.73 Å². The third kappa shape index (κ3) is 4.91. The van der Waals surface area contributed by atoms with Crippen molar-refractivity contribution in [2.75, 3.05) is 7.11 Å². The van der Waals surface area contributed by atoms with Crippen molar-refractivity contribution in [2.45, 2.75) is 46.2 Å². The van der Waals surface area contributed by atoms with Gasteiger partial charge >= 0.3 is 0 Å². The maximum atomic E-state index is 11.7. The number of aryl methyl sites for hydroxylation is 2. The molecule has 0 saturated heterocycles. The molecular formula is C15H24N2O2. The van der Waals surface area contributed by atoms with Gasteiger partial charge in [0.25, 0.3) is 0 Å². The summed E-state index contributed by atoms with van der Waals surface area (Å²) in [6, 6.07) is 4.05. The van der Waals surface area contributed by atoms with Gasteiger partial charge in [-0.1, -0.05) is 12.1 Å². The fourth-order valence-electron chi connectivity index (χ4n) is 2.14. The molecule has 0 aromatic heterocycles. The third-order valence-electron chi connectivity index (χ3n) is 2.83. The topological polar surface area (TPSA) is 64.3 Å². The van der Waals surface area contributed by atoms with E-state index in [2.05, 4.69) is 5.32 Å². The first-order valence-electron chi connectivity index (χ1n) is 6.42. The molecule has 0 saturated carbocycles. The van der Waals surface area contributed by atoms with Crippen molar-refractivity contribution in [3.8, 4) is 5.75 Å². The Bertz CT molecular complexity index is 439. The van der Waals surface area contributed by atoms with Crippen LogP contribution in [0.2, 0.25) is 0 Å². The summed E-state index contributed by atoms with van der Waals surface area (Å²) in [5.74, 6) is 0.872. The Labute approximate surface area is 115 Å². The molecule has 0 radical (unpaired) electrons. The lowest BCUT2D eigenvalue weighted by Crippen LogP contribution is -2.38. The first-order chi connectivity index (χ1) is 8.73. The summed E-state index contributed by atoms with van der Waals surface area (Å²) in [4.78, 5) is 11.7. The number of carbonyl (C=O) groups is 1. The Kier molecular flexibility index (Phi) is 4.95. The molecule has 0 atom stereocenters. The van der Waals surface area contributed by atoms with Gasteiger partial charge in [-0.3, -0.25) is 4.79 Å². The van der Waals surface area contributed by atoms with Gasteiger partial charge < -0.3 is 15.8 Å². The molecule has 0 aliphatic rings. The van der Waals surface area contributed by atoms with Crippen LogP contribution < -0.4 is 15.8 Å². The van der Waals surface area contributed by atoms with E-state index in [-0.39, 0.29) is 5.91 Å². The molecule has 0 fully saturated rings. The molecule has 4 heteroatoms. The van der Waals surface area contributed by atoms with Gasteiger partial charge in [0.2, 0.25) is 5.91 Å². The highest BCUT2D eigenvalue weighted by molar-refractivity contribution is 5.77. The smallest absolute Gasteiger partial charge is 0.222 e. The van der Waals surface area contributed by atoms with Crippen molar-refractivity contribution in [1.29, 1.82) is 0 Å². The van der Waals surface area contributed by atoms with Gasteiger partial charge in [0, 0.05) is 18.5 Å². The molecule has 1 aromatic rings. The largest absolute Gasteiger partial charge is 0.496 e. The van der Waals surface area contributed by atoms with Crippen molar-refractivity contribution in [3.63, 3.8) is 0 Å². The molecule has 0 aliphatic heterocycles. The van der Waals surface area contributed by atoms with Crippen molar-refractivity contribution >= 4 is 5.91 Å². The molecule has 106 valence electrons. The second kappa shape index (κ2) is 6.06. The standard InChI is InChI=1S/C15H24N2O2/c1-10-6-12(7-11(2)14(10)19-5)9-17-13(18)8-15(3,4)16/h6-7H,8-9,16H2,1-5H3,(H,17,18). The molecule has 4 nitrogen and oxygen atoms in total. The summed E-state index contributed by atoms with van der Waals surface area (Å²) in [5, 5.41) is 2.89. The van der Waals surface area contributed by atoms with Gasteiger partial charge in [0.15, 0.2) is 0 Å². The zero-order valence-corrected chi connectivity index (χ0v) is 12.5. The SMILES string of the molecule is COc1c(C)cc(CNC(=O)CC(C)(C)N)cc1C. The summed E-state index contributed by atoms with van der Waals surface area (Å²) < 4.78 is 5.32. The van der Waals surface area contributed by atoms with Crippen LogP contribution in [0.4, 0.5) is 0 Å². The lowest BCUT2D eigenvalue weighted by molar-refractivity contribution is -0.122. The monoisotopic (exact) mass is 264 g/mol. The van der Waals surface area contributed by atoms with Crippen molar-refractivity contribution in [1.82, 2.24) is 5.32 Å². The molecule has 3 N–H and O–H groups in total. The van der Waals surface area contributed by atoms with Crippen LogP contribution >= 0.6 is 0 Å². The maximum absolute atomic E-state index is 11.7. The quantitative estimate of drug-likeness (QED) is 0.855. The van der Waals surface area contributed by atoms with Crippen LogP contribution in [0.15, 0.2) is 12.1 Å². The second-order valence-electron chi connectivity index (χ2n) is 5.70. The number of methoxy groups -OCH3 is 1. The van der Waals surface area contributed by atoms with E-state index in [0.717, 1.165) is 22.4 Å². The number of ether oxygens (including phenoxy) is 1. The number of hydrogen-bond donors (Lipinski definition) is 2. The highest BCUT2D eigenvalue weighted by Crippen LogP contribution is 2.24. The van der Waals surface area contributed by atoms with E-state index in [0.29, 0.717) is 13.0 Å². The highest BCUT2D eigenvalue weighted by atomic mass is 16.5. The van der Waals surface area contributed by atoms with E-state index in [1.807, 2.05) is 39.8 Å². The minimum atomic E-state index is -0.476. The fourth-order valence-corrected chi connectivity index (χ4v) is 2.14. The predicted octanol–water partition coefficient (Wildman–Crippen LogP) is 2.06. The number of hydrogen-bond acceptors (Lipinski definition) is 3. The minimum absolute atomic E-state index is 0.0291. The number of amides is 1. The van der Waals surface area contributed by atoms with Gasteiger partial charge in [-0.25, -0.2) is 0 Å². The average molecular weight is 264 g/mol. The summed E-state index contributed by atoms with van der Waals surface area (Å²) >= 11 is 0. The Balaban J connectivity index is 2.67. The predicted molar refractivity (Wildman–Crippen MR) is 77.2 cm³/mol. The van der Waals surface area contributed by atoms with Crippen LogP contribution in [0.1, 0.15) is 37.0 Å². The number of carbonyl (C=O) groups excluding carboxylic acids is 1. The number of benzene rings is 1. The first-order valence-corrected chi connectivity index (χ1v) is 6.42. The molecule has 0 bridgehead atoms. The number of nitrogens with two attached hydrogens (primary N) is 1.